The molecule has 0 amide bonds. The Labute approximate surface area is 242 Å². The number of fused-ring (bicyclic) bond motifs is 1. The highest BCUT2D eigenvalue weighted by Crippen LogP contribution is 2.46. The number of hydrogen-bond acceptors (Lipinski definition) is 7. The molecule has 4 heterocycles. The summed E-state index contributed by atoms with van der Waals surface area (Å²) >= 11 is 5.95. The van der Waals surface area contributed by atoms with Gasteiger partial charge in [0.25, 0.3) is 5.56 Å². The smallest absolute Gasteiger partial charge is 0.370 e. The maximum atomic E-state index is 13.5. The van der Waals surface area contributed by atoms with Gasteiger partial charge in [0, 0.05) is 30.4 Å². The van der Waals surface area contributed by atoms with Gasteiger partial charge in [0.15, 0.2) is 5.65 Å². The Kier molecular flexibility index (Phi) is 7.50. The van der Waals surface area contributed by atoms with Crippen LogP contribution in [0.2, 0.25) is 5.02 Å². The van der Waals surface area contributed by atoms with Gasteiger partial charge in [0.2, 0.25) is 0 Å². The predicted molar refractivity (Wildman–Crippen MR) is 148 cm³/mol. The van der Waals surface area contributed by atoms with Gasteiger partial charge in [-0.3, -0.25) is 9.78 Å². The first kappa shape index (κ1) is 28.0. The summed E-state index contributed by atoms with van der Waals surface area (Å²) in [5, 5.41) is 5.37. The normalized spacial score (nSPS) is 17.7. The van der Waals surface area contributed by atoms with E-state index in [2.05, 4.69) is 25.0 Å². The maximum Gasteiger partial charge on any atom is 0.433 e. The van der Waals surface area contributed by atoms with Crippen LogP contribution in [0.3, 0.4) is 0 Å². The van der Waals surface area contributed by atoms with Crippen LogP contribution in [0.4, 0.5) is 13.2 Å². The number of nitrogens with zero attached hydrogens (tertiary/aromatic N) is 6. The number of halogens is 4. The maximum absolute atomic E-state index is 13.5. The quantitative estimate of drug-likeness (QED) is 0.235. The molecule has 0 radical (unpaired) electrons. The standard InChI is InChI=1S/C29H25ClF3N7O2/c1-16(18-7-10-23(34-11-18)29(31,32)33)40-27-24(22(39-40)15-42-14-17-5-3-2-4-6-17)28(41)38-26(37-27)21-9-8-20(21)25-35-12-19(30)13-36-25/h2-7,10-13,16,20-21H,8-9,14-15H2,1H3,(H,37,38,41). The first-order valence-electron chi connectivity index (χ1n) is 13.3. The van der Waals surface area contributed by atoms with E-state index in [1.54, 1.807) is 11.6 Å². The number of aromatic nitrogens is 7. The molecule has 1 aliphatic rings. The number of ether oxygens (including phenoxy) is 1. The van der Waals surface area contributed by atoms with Crippen LogP contribution in [-0.4, -0.2) is 34.7 Å². The number of aromatic amines is 1. The monoisotopic (exact) mass is 595 g/mol. The highest BCUT2D eigenvalue weighted by Gasteiger charge is 2.38. The van der Waals surface area contributed by atoms with Crippen LogP contribution in [0.1, 0.15) is 71.8 Å². The van der Waals surface area contributed by atoms with Crippen LogP contribution in [0.5, 0.6) is 0 Å². The number of hydrogen-bond donors (Lipinski definition) is 1. The molecule has 1 N–H and O–H groups in total. The average Bonchev–Trinajstić information content (AvgIpc) is 3.32. The van der Waals surface area contributed by atoms with Gasteiger partial charge >= 0.3 is 6.18 Å². The molecule has 4 aromatic heterocycles. The summed E-state index contributed by atoms with van der Waals surface area (Å²) in [5.74, 6) is 0.904. The molecule has 0 spiro atoms. The lowest BCUT2D eigenvalue weighted by Gasteiger charge is -2.34. The molecule has 216 valence electrons. The number of H-pyrrole nitrogens is 1. The van der Waals surface area contributed by atoms with Gasteiger partial charge < -0.3 is 9.72 Å². The van der Waals surface area contributed by atoms with Crippen molar-refractivity contribution >= 4 is 22.6 Å². The Bertz CT molecular complexity index is 1760. The Morgan fingerprint density at radius 3 is 2.40 bits per heavy atom. The lowest BCUT2D eigenvalue weighted by Crippen LogP contribution is -2.28. The van der Waals surface area contributed by atoms with Gasteiger partial charge in [0.1, 0.15) is 28.4 Å². The van der Waals surface area contributed by atoms with Gasteiger partial charge in [0.05, 0.1) is 24.3 Å². The molecule has 0 aliphatic heterocycles. The van der Waals surface area contributed by atoms with Crippen molar-refractivity contribution in [2.24, 2.45) is 0 Å². The molecular weight excluding hydrogens is 571 g/mol. The van der Waals surface area contributed by atoms with Crippen LogP contribution >= 0.6 is 11.6 Å². The topological polar surface area (TPSA) is 111 Å². The van der Waals surface area contributed by atoms with Crippen LogP contribution in [0.15, 0.2) is 65.8 Å². The predicted octanol–water partition coefficient (Wildman–Crippen LogP) is 5.96. The van der Waals surface area contributed by atoms with Crippen molar-refractivity contribution in [3.8, 4) is 0 Å². The van der Waals surface area contributed by atoms with E-state index in [-0.39, 0.29) is 29.4 Å². The lowest BCUT2D eigenvalue weighted by atomic mass is 9.72. The van der Waals surface area contributed by atoms with Crippen molar-refractivity contribution in [1.82, 2.24) is 34.7 Å². The highest BCUT2D eigenvalue weighted by molar-refractivity contribution is 6.30. The second-order valence-corrected chi connectivity index (χ2v) is 10.7. The molecule has 9 nitrogen and oxygen atoms in total. The summed E-state index contributed by atoms with van der Waals surface area (Å²) in [6, 6.07) is 11.3. The van der Waals surface area contributed by atoms with E-state index >= 15 is 0 Å². The van der Waals surface area contributed by atoms with Crippen LogP contribution in [-0.2, 0) is 24.1 Å². The third-order valence-electron chi connectivity index (χ3n) is 7.53. The van der Waals surface area contributed by atoms with E-state index in [1.165, 1.54) is 24.7 Å². The number of pyridine rings is 1. The average molecular weight is 596 g/mol. The summed E-state index contributed by atoms with van der Waals surface area (Å²) in [7, 11) is 0. The van der Waals surface area contributed by atoms with E-state index in [4.69, 9.17) is 21.3 Å². The number of nitrogens with one attached hydrogen (secondary N) is 1. The summed E-state index contributed by atoms with van der Waals surface area (Å²) in [4.78, 5) is 33.6. The van der Waals surface area contributed by atoms with Gasteiger partial charge in [-0.15, -0.1) is 0 Å². The molecule has 1 aromatic carbocycles. The molecule has 3 atom stereocenters. The molecule has 0 bridgehead atoms. The molecule has 5 aromatic rings. The van der Waals surface area contributed by atoms with Crippen molar-refractivity contribution < 1.29 is 17.9 Å². The Balaban J connectivity index is 1.37. The fourth-order valence-corrected chi connectivity index (χ4v) is 5.23. The SMILES string of the molecule is CC(c1ccc(C(F)(F)F)nc1)n1nc(COCc2ccccc2)c2c(=O)[nH]c(C3CCC3c3ncc(Cl)cn3)nc21. The zero-order chi connectivity index (χ0) is 29.4. The molecule has 3 unspecified atom stereocenters. The summed E-state index contributed by atoms with van der Waals surface area (Å²) in [5.41, 5.74) is 0.751. The van der Waals surface area contributed by atoms with Gasteiger partial charge in [-0.25, -0.2) is 19.6 Å². The lowest BCUT2D eigenvalue weighted by molar-refractivity contribution is -0.141. The molecule has 6 rings (SSSR count). The summed E-state index contributed by atoms with van der Waals surface area (Å²) in [6.45, 7) is 2.11. The van der Waals surface area contributed by atoms with Crippen LogP contribution < -0.4 is 5.56 Å². The Morgan fingerprint density at radius 2 is 1.76 bits per heavy atom. The van der Waals surface area contributed by atoms with Crippen molar-refractivity contribution in [2.45, 2.75) is 57.0 Å². The fraction of sp³-hybridized carbons (Fsp3) is 0.310. The third-order valence-corrected chi connectivity index (χ3v) is 7.72. The van der Waals surface area contributed by atoms with Crippen molar-refractivity contribution in [2.75, 3.05) is 0 Å². The number of alkyl halides is 3. The van der Waals surface area contributed by atoms with Crippen LogP contribution in [0.25, 0.3) is 11.0 Å². The number of rotatable bonds is 8. The minimum atomic E-state index is -4.56. The van der Waals surface area contributed by atoms with Crippen molar-refractivity contribution in [1.29, 1.82) is 0 Å². The van der Waals surface area contributed by atoms with Crippen molar-refractivity contribution in [3.05, 3.63) is 111 Å². The van der Waals surface area contributed by atoms with Gasteiger partial charge in [-0.1, -0.05) is 48.0 Å². The summed E-state index contributed by atoms with van der Waals surface area (Å²) < 4.78 is 46.8. The second kappa shape index (κ2) is 11.3. The highest BCUT2D eigenvalue weighted by atomic mass is 35.5. The molecule has 42 heavy (non-hydrogen) atoms. The first-order chi connectivity index (χ1) is 20.2. The molecule has 1 fully saturated rings. The third kappa shape index (κ3) is 5.51. The zero-order valence-electron chi connectivity index (χ0n) is 22.3. The molecular formula is C29H25ClF3N7O2. The van der Waals surface area contributed by atoms with E-state index in [9.17, 15) is 18.0 Å². The summed E-state index contributed by atoms with van der Waals surface area (Å²) in [6.07, 6.45) is 1.27. The molecule has 1 aliphatic carbocycles. The minimum absolute atomic E-state index is 0.0329. The van der Waals surface area contributed by atoms with Gasteiger partial charge in [-0.05, 0) is 37.0 Å². The van der Waals surface area contributed by atoms with Gasteiger partial charge in [-0.2, -0.15) is 18.3 Å². The van der Waals surface area contributed by atoms with E-state index < -0.39 is 17.9 Å². The molecule has 0 saturated heterocycles. The fourth-order valence-electron chi connectivity index (χ4n) is 5.13. The first-order valence-corrected chi connectivity index (χ1v) is 13.7. The van der Waals surface area contributed by atoms with Crippen molar-refractivity contribution in [3.63, 3.8) is 0 Å². The Hall–Kier alpha value is -4.16. The minimum Gasteiger partial charge on any atom is -0.370 e. The zero-order valence-corrected chi connectivity index (χ0v) is 23.1. The second-order valence-electron chi connectivity index (χ2n) is 10.2. The van der Waals surface area contributed by atoms with E-state index in [0.717, 1.165) is 24.5 Å². The Morgan fingerprint density at radius 1 is 1.02 bits per heavy atom. The largest absolute Gasteiger partial charge is 0.433 e. The van der Waals surface area contributed by atoms with Crippen LogP contribution in [0, 0.1) is 0 Å². The molecule has 1 saturated carbocycles. The van der Waals surface area contributed by atoms with E-state index in [1.807, 2.05) is 30.3 Å². The number of benzene rings is 1. The molecule has 13 heteroatoms. The van der Waals surface area contributed by atoms with E-state index in [0.29, 0.717) is 40.2 Å².